The summed E-state index contributed by atoms with van der Waals surface area (Å²) in [4.78, 5) is 19.0. The largest absolute Gasteiger partial charge is 0.379 e. The highest BCUT2D eigenvalue weighted by molar-refractivity contribution is 7.87. The maximum Gasteiger partial charge on any atom is 0.346 e. The molecule has 0 bridgehead atoms. The zero-order chi connectivity index (χ0) is 17.2. The van der Waals surface area contributed by atoms with E-state index in [2.05, 4.69) is 6.92 Å². The van der Waals surface area contributed by atoms with E-state index in [9.17, 15) is 28.6 Å². The molecule has 9 nitrogen and oxygen atoms in total. The number of nitro groups is 2. The lowest BCUT2D eigenvalue weighted by molar-refractivity contribution is -0.396. The van der Waals surface area contributed by atoms with E-state index in [4.69, 9.17) is 4.18 Å². The quantitative estimate of drug-likeness (QED) is 0.465. The monoisotopic (exact) mass is 337 g/mol. The Labute approximate surface area is 130 Å². The summed E-state index contributed by atoms with van der Waals surface area (Å²) >= 11 is 0. The molecular formula is C13H9N2O7S. The maximum absolute atomic E-state index is 12.2. The van der Waals surface area contributed by atoms with E-state index < -0.39 is 36.2 Å². The molecule has 0 heterocycles. The van der Waals surface area contributed by atoms with E-state index in [-0.39, 0.29) is 5.75 Å². The van der Waals surface area contributed by atoms with Crippen LogP contribution in [0.25, 0.3) is 0 Å². The third-order valence-electron chi connectivity index (χ3n) is 2.75. The number of non-ortho nitro benzene ring substituents is 1. The van der Waals surface area contributed by atoms with Gasteiger partial charge in [-0.15, -0.1) is 0 Å². The minimum Gasteiger partial charge on any atom is -0.379 e. The summed E-state index contributed by atoms with van der Waals surface area (Å²) in [6, 6.07) is 7.83. The van der Waals surface area contributed by atoms with Crippen LogP contribution >= 0.6 is 0 Å². The minimum atomic E-state index is -4.53. The summed E-state index contributed by atoms with van der Waals surface area (Å²) in [5.41, 5.74) is -0.916. The van der Waals surface area contributed by atoms with Gasteiger partial charge in [0.25, 0.3) is 11.4 Å². The summed E-state index contributed by atoms with van der Waals surface area (Å²) in [6.45, 7) is 3.62. The Morgan fingerprint density at radius 2 is 1.57 bits per heavy atom. The summed E-state index contributed by atoms with van der Waals surface area (Å²) in [6.07, 6.45) is 0. The summed E-state index contributed by atoms with van der Waals surface area (Å²) < 4.78 is 29.2. The molecule has 2 aromatic carbocycles. The molecule has 0 aliphatic carbocycles. The lowest BCUT2D eigenvalue weighted by atomic mass is 10.2. The van der Waals surface area contributed by atoms with Crippen molar-refractivity contribution >= 4 is 21.5 Å². The first kappa shape index (κ1) is 16.4. The highest BCUT2D eigenvalue weighted by Gasteiger charge is 2.30. The van der Waals surface area contributed by atoms with Crippen LogP contribution in [0, 0.1) is 27.2 Å². The standard InChI is InChI=1S/C13H9N2O7S/c1-9-2-5-11(6-3-9)22-23(20,21)13-7-4-10(14(16)17)8-12(13)15(18)19/h2-8H,1H2. The lowest BCUT2D eigenvalue weighted by Gasteiger charge is -2.07. The van der Waals surface area contributed by atoms with Gasteiger partial charge >= 0.3 is 10.1 Å². The van der Waals surface area contributed by atoms with Crippen LogP contribution in [0.2, 0.25) is 0 Å². The van der Waals surface area contributed by atoms with Crippen molar-refractivity contribution in [2.24, 2.45) is 0 Å². The fraction of sp³-hybridized carbons (Fsp3) is 0. The van der Waals surface area contributed by atoms with E-state index in [1.54, 1.807) is 0 Å². The predicted molar refractivity (Wildman–Crippen MR) is 78.5 cm³/mol. The van der Waals surface area contributed by atoms with Crippen molar-refractivity contribution < 1.29 is 22.4 Å². The first-order valence-corrected chi connectivity index (χ1v) is 7.41. The van der Waals surface area contributed by atoms with Gasteiger partial charge in [0.05, 0.1) is 15.9 Å². The van der Waals surface area contributed by atoms with Gasteiger partial charge in [0.2, 0.25) is 0 Å². The van der Waals surface area contributed by atoms with Crippen LogP contribution in [0.5, 0.6) is 5.75 Å². The van der Waals surface area contributed by atoms with Gasteiger partial charge in [-0.1, -0.05) is 12.1 Å². The molecule has 0 saturated carbocycles. The summed E-state index contributed by atoms with van der Waals surface area (Å²) in [7, 11) is -4.53. The molecule has 0 aliphatic rings. The maximum atomic E-state index is 12.2. The van der Waals surface area contributed by atoms with Gasteiger partial charge in [-0.2, -0.15) is 8.42 Å². The zero-order valence-electron chi connectivity index (χ0n) is 11.4. The van der Waals surface area contributed by atoms with Crippen LogP contribution < -0.4 is 4.18 Å². The fourth-order valence-corrected chi connectivity index (χ4v) is 2.77. The second-order valence-electron chi connectivity index (χ2n) is 4.35. The van der Waals surface area contributed by atoms with E-state index in [1.165, 1.54) is 24.3 Å². The molecule has 0 fully saturated rings. The smallest absolute Gasteiger partial charge is 0.346 e. The minimum absolute atomic E-state index is 0.0648. The Morgan fingerprint density at radius 1 is 0.957 bits per heavy atom. The lowest BCUT2D eigenvalue weighted by Crippen LogP contribution is -2.12. The van der Waals surface area contributed by atoms with Crippen molar-refractivity contribution in [3.8, 4) is 5.75 Å². The predicted octanol–water partition coefficient (Wildman–Crippen LogP) is 2.45. The van der Waals surface area contributed by atoms with Crippen LogP contribution in [0.1, 0.15) is 5.56 Å². The molecule has 0 unspecified atom stereocenters. The molecule has 2 rings (SSSR count). The van der Waals surface area contributed by atoms with Crippen molar-refractivity contribution in [3.05, 3.63) is 75.2 Å². The van der Waals surface area contributed by atoms with Crippen molar-refractivity contribution in [2.45, 2.75) is 4.90 Å². The third-order valence-corrected chi connectivity index (χ3v) is 4.04. The average Bonchev–Trinajstić information content (AvgIpc) is 2.48. The van der Waals surface area contributed by atoms with E-state index >= 15 is 0 Å². The van der Waals surface area contributed by atoms with Crippen LogP contribution in [0.4, 0.5) is 11.4 Å². The number of hydrogen-bond donors (Lipinski definition) is 0. The number of benzene rings is 2. The third kappa shape index (κ3) is 3.61. The number of nitro benzene ring substituents is 2. The van der Waals surface area contributed by atoms with E-state index in [0.29, 0.717) is 11.6 Å². The first-order valence-electron chi connectivity index (χ1n) is 6.00. The molecule has 23 heavy (non-hydrogen) atoms. The zero-order valence-corrected chi connectivity index (χ0v) is 12.2. The van der Waals surface area contributed by atoms with Crippen molar-refractivity contribution in [1.29, 1.82) is 0 Å². The number of hydrogen-bond acceptors (Lipinski definition) is 7. The SMILES string of the molecule is [CH2]c1ccc(OS(=O)(=O)c2ccc([N+](=O)[O-])cc2[N+](=O)[O-])cc1. The van der Waals surface area contributed by atoms with E-state index in [1.807, 2.05) is 0 Å². The molecule has 2 aromatic rings. The van der Waals surface area contributed by atoms with Crippen molar-refractivity contribution in [3.63, 3.8) is 0 Å². The first-order chi connectivity index (χ1) is 10.7. The molecule has 0 aromatic heterocycles. The highest BCUT2D eigenvalue weighted by Crippen LogP contribution is 2.30. The van der Waals surface area contributed by atoms with Gasteiger partial charge in [-0.25, -0.2) is 0 Å². The van der Waals surface area contributed by atoms with Crippen LogP contribution in [0.3, 0.4) is 0 Å². The van der Waals surface area contributed by atoms with Gasteiger partial charge in [0, 0.05) is 6.07 Å². The molecular weight excluding hydrogens is 328 g/mol. The Kier molecular flexibility index (Phi) is 4.27. The molecule has 0 saturated heterocycles. The Morgan fingerprint density at radius 3 is 2.09 bits per heavy atom. The normalized spacial score (nSPS) is 11.0. The van der Waals surface area contributed by atoms with Crippen LogP contribution in [0.15, 0.2) is 47.4 Å². The van der Waals surface area contributed by atoms with Crippen molar-refractivity contribution in [2.75, 3.05) is 0 Å². The van der Waals surface area contributed by atoms with Gasteiger partial charge in [-0.05, 0) is 30.7 Å². The Bertz CT molecular complexity index is 876. The molecule has 0 spiro atoms. The molecule has 0 atom stereocenters. The Hall–Kier alpha value is -3.01. The molecule has 0 amide bonds. The van der Waals surface area contributed by atoms with Gasteiger partial charge in [0.15, 0.2) is 4.90 Å². The fourth-order valence-electron chi connectivity index (χ4n) is 1.69. The number of nitrogens with zero attached hydrogens (tertiary/aromatic N) is 2. The average molecular weight is 337 g/mol. The van der Waals surface area contributed by atoms with Crippen LogP contribution in [-0.2, 0) is 10.1 Å². The molecule has 10 heteroatoms. The highest BCUT2D eigenvalue weighted by atomic mass is 32.2. The molecule has 0 N–H and O–H groups in total. The summed E-state index contributed by atoms with van der Waals surface area (Å²) in [5.74, 6) is -0.0648. The molecule has 0 aliphatic heterocycles. The van der Waals surface area contributed by atoms with Crippen LogP contribution in [-0.4, -0.2) is 18.3 Å². The summed E-state index contributed by atoms with van der Waals surface area (Å²) in [5, 5.41) is 21.7. The second kappa shape index (κ2) is 6.01. The Balaban J connectivity index is 2.48. The van der Waals surface area contributed by atoms with Gasteiger partial charge in [0.1, 0.15) is 5.75 Å². The second-order valence-corrected chi connectivity index (χ2v) is 5.86. The number of rotatable bonds is 5. The van der Waals surface area contributed by atoms with E-state index in [0.717, 1.165) is 12.1 Å². The van der Waals surface area contributed by atoms with Crippen molar-refractivity contribution in [1.82, 2.24) is 0 Å². The van der Waals surface area contributed by atoms with Gasteiger partial charge in [-0.3, -0.25) is 20.2 Å². The van der Waals surface area contributed by atoms with Gasteiger partial charge < -0.3 is 4.18 Å². The molecule has 1 radical (unpaired) electrons. The topological polar surface area (TPSA) is 130 Å². The molecule has 119 valence electrons.